The van der Waals surface area contributed by atoms with Gasteiger partial charge in [-0.25, -0.2) is 4.98 Å². The van der Waals surface area contributed by atoms with E-state index in [1.165, 1.54) is 28.3 Å². The van der Waals surface area contributed by atoms with E-state index in [0.717, 1.165) is 24.3 Å². The Labute approximate surface area is 136 Å². The maximum Gasteiger partial charge on any atom is 0.141 e. The summed E-state index contributed by atoms with van der Waals surface area (Å²) in [5.74, 6) is 1.08. The lowest BCUT2D eigenvalue weighted by atomic mass is 10.0. The van der Waals surface area contributed by atoms with E-state index in [0.29, 0.717) is 0 Å². The molecule has 23 heavy (non-hydrogen) atoms. The minimum absolute atomic E-state index is 1.01. The number of hydrogen-bond acceptors (Lipinski definition) is 1. The Morgan fingerprint density at radius 2 is 1.65 bits per heavy atom. The molecule has 1 heterocycles. The summed E-state index contributed by atoms with van der Waals surface area (Å²) >= 11 is 0. The van der Waals surface area contributed by atoms with Gasteiger partial charge in [0, 0.05) is 12.1 Å². The third-order valence-corrected chi connectivity index (χ3v) is 4.42. The number of aryl methyl sites for hydroxylation is 1. The number of para-hydroxylation sites is 2. The monoisotopic (exact) mass is 300 g/mol. The highest BCUT2D eigenvalue weighted by Gasteiger charge is 2.14. The minimum atomic E-state index is 1.01. The predicted molar refractivity (Wildman–Crippen MR) is 97.6 cm³/mol. The zero-order chi connectivity index (χ0) is 15.6. The van der Waals surface area contributed by atoms with Crippen molar-refractivity contribution in [2.45, 2.75) is 26.3 Å². The molecule has 0 bridgehead atoms. The predicted octanol–water partition coefficient (Wildman–Crippen LogP) is 5.66. The quantitative estimate of drug-likeness (QED) is 0.475. The van der Waals surface area contributed by atoms with Gasteiger partial charge in [-0.05, 0) is 29.3 Å². The summed E-state index contributed by atoms with van der Waals surface area (Å²) in [5, 5.41) is 2.53. The van der Waals surface area contributed by atoms with E-state index in [1.807, 2.05) is 0 Å². The van der Waals surface area contributed by atoms with Gasteiger partial charge in [0.15, 0.2) is 0 Å². The van der Waals surface area contributed by atoms with Crippen LogP contribution in [0.2, 0.25) is 0 Å². The second-order valence-electron chi connectivity index (χ2n) is 5.96. The Kier molecular flexibility index (Phi) is 3.58. The van der Waals surface area contributed by atoms with Crippen LogP contribution in [0.3, 0.4) is 0 Å². The zero-order valence-corrected chi connectivity index (χ0v) is 13.4. The van der Waals surface area contributed by atoms with E-state index >= 15 is 0 Å². The van der Waals surface area contributed by atoms with E-state index in [2.05, 4.69) is 78.2 Å². The van der Waals surface area contributed by atoms with E-state index in [4.69, 9.17) is 4.98 Å². The summed E-state index contributed by atoms with van der Waals surface area (Å²) in [5.41, 5.74) is 3.52. The van der Waals surface area contributed by atoms with Gasteiger partial charge in [0.1, 0.15) is 5.82 Å². The molecule has 0 aliphatic rings. The Balaban J connectivity index is 2.00. The zero-order valence-electron chi connectivity index (χ0n) is 13.4. The van der Waals surface area contributed by atoms with Crippen LogP contribution in [0.15, 0.2) is 66.7 Å². The fourth-order valence-corrected chi connectivity index (χ4v) is 3.24. The molecule has 0 radical (unpaired) electrons. The van der Waals surface area contributed by atoms with E-state index in [9.17, 15) is 0 Å². The van der Waals surface area contributed by atoms with Gasteiger partial charge in [-0.15, -0.1) is 0 Å². The normalized spacial score (nSPS) is 11.3. The second kappa shape index (κ2) is 5.88. The molecule has 0 N–H and O–H groups in total. The maximum atomic E-state index is 4.95. The van der Waals surface area contributed by atoms with Gasteiger partial charge in [0.05, 0.1) is 11.0 Å². The van der Waals surface area contributed by atoms with Gasteiger partial charge in [-0.3, -0.25) is 0 Å². The van der Waals surface area contributed by atoms with Gasteiger partial charge >= 0.3 is 0 Å². The number of nitrogens with zero attached hydrogens (tertiary/aromatic N) is 2. The number of imidazole rings is 1. The Morgan fingerprint density at radius 3 is 2.57 bits per heavy atom. The van der Waals surface area contributed by atoms with Crippen LogP contribution in [0, 0.1) is 0 Å². The second-order valence-corrected chi connectivity index (χ2v) is 5.96. The number of benzene rings is 3. The molecule has 1 aromatic heterocycles. The van der Waals surface area contributed by atoms with Crippen LogP contribution >= 0.6 is 0 Å². The molecule has 0 saturated carbocycles. The summed E-state index contributed by atoms with van der Waals surface area (Å²) < 4.78 is 2.38. The standard InChI is InChI=1S/C21H20N2/c1-2-3-15-23-20-14-7-6-13-19(20)22-21(23)18-12-8-10-16-9-4-5-11-17(16)18/h4-14H,2-3,15H2,1H3. The topological polar surface area (TPSA) is 17.8 Å². The number of aromatic nitrogens is 2. The van der Waals surface area contributed by atoms with Crippen LogP contribution in [-0.4, -0.2) is 9.55 Å². The lowest BCUT2D eigenvalue weighted by Gasteiger charge is -2.11. The summed E-state index contributed by atoms with van der Waals surface area (Å²) in [4.78, 5) is 4.95. The van der Waals surface area contributed by atoms with Crippen molar-refractivity contribution in [2.75, 3.05) is 0 Å². The fraction of sp³-hybridized carbons (Fsp3) is 0.190. The molecule has 0 aliphatic carbocycles. The molecular weight excluding hydrogens is 280 g/mol. The van der Waals surface area contributed by atoms with Crippen molar-refractivity contribution in [1.29, 1.82) is 0 Å². The molecule has 0 unspecified atom stereocenters. The largest absolute Gasteiger partial charge is 0.324 e. The first-order valence-electron chi connectivity index (χ1n) is 8.32. The lowest BCUT2D eigenvalue weighted by molar-refractivity contribution is 0.651. The Bertz CT molecular complexity index is 961. The van der Waals surface area contributed by atoms with Gasteiger partial charge in [-0.2, -0.15) is 0 Å². The van der Waals surface area contributed by atoms with E-state index < -0.39 is 0 Å². The number of fused-ring (bicyclic) bond motifs is 2. The molecular formula is C21H20N2. The SMILES string of the molecule is CCCCn1c(-c2cccc3ccccc23)nc2ccccc21. The van der Waals surface area contributed by atoms with Crippen LogP contribution in [0.4, 0.5) is 0 Å². The average molecular weight is 300 g/mol. The first-order valence-corrected chi connectivity index (χ1v) is 8.32. The smallest absolute Gasteiger partial charge is 0.141 e. The molecule has 0 amide bonds. The molecule has 4 rings (SSSR count). The van der Waals surface area contributed by atoms with Crippen molar-refractivity contribution in [3.8, 4) is 11.4 Å². The summed E-state index contributed by atoms with van der Waals surface area (Å²) in [6.45, 7) is 3.24. The summed E-state index contributed by atoms with van der Waals surface area (Å²) in [7, 11) is 0. The van der Waals surface area contributed by atoms with Crippen LogP contribution in [0.25, 0.3) is 33.2 Å². The van der Waals surface area contributed by atoms with Crippen LogP contribution < -0.4 is 0 Å². The first-order chi connectivity index (χ1) is 11.4. The molecule has 0 fully saturated rings. The highest BCUT2D eigenvalue weighted by atomic mass is 15.1. The number of rotatable bonds is 4. The molecule has 0 atom stereocenters. The number of hydrogen-bond donors (Lipinski definition) is 0. The molecule has 2 nitrogen and oxygen atoms in total. The third-order valence-electron chi connectivity index (χ3n) is 4.42. The van der Waals surface area contributed by atoms with Crippen LogP contribution in [0.1, 0.15) is 19.8 Å². The van der Waals surface area contributed by atoms with Crippen LogP contribution in [-0.2, 0) is 6.54 Å². The highest BCUT2D eigenvalue weighted by Crippen LogP contribution is 2.31. The van der Waals surface area contributed by atoms with Crippen molar-refractivity contribution < 1.29 is 0 Å². The minimum Gasteiger partial charge on any atom is -0.324 e. The van der Waals surface area contributed by atoms with Crippen molar-refractivity contribution in [3.05, 3.63) is 66.7 Å². The van der Waals surface area contributed by atoms with Crippen LogP contribution in [0.5, 0.6) is 0 Å². The third kappa shape index (κ3) is 2.40. The Hall–Kier alpha value is -2.61. The van der Waals surface area contributed by atoms with Gasteiger partial charge in [0.25, 0.3) is 0 Å². The van der Waals surface area contributed by atoms with Gasteiger partial charge in [-0.1, -0.05) is 67.9 Å². The van der Waals surface area contributed by atoms with Crippen molar-refractivity contribution in [2.24, 2.45) is 0 Å². The van der Waals surface area contributed by atoms with E-state index in [1.54, 1.807) is 0 Å². The number of unbranched alkanes of at least 4 members (excludes halogenated alkanes) is 1. The van der Waals surface area contributed by atoms with Crippen molar-refractivity contribution in [1.82, 2.24) is 9.55 Å². The van der Waals surface area contributed by atoms with Crippen molar-refractivity contribution in [3.63, 3.8) is 0 Å². The molecule has 114 valence electrons. The van der Waals surface area contributed by atoms with Gasteiger partial charge < -0.3 is 4.57 Å². The lowest BCUT2D eigenvalue weighted by Crippen LogP contribution is -2.00. The molecule has 4 aromatic rings. The molecule has 0 saturated heterocycles. The Morgan fingerprint density at radius 1 is 0.870 bits per heavy atom. The average Bonchev–Trinajstić information content (AvgIpc) is 2.98. The first kappa shape index (κ1) is 14.0. The fourth-order valence-electron chi connectivity index (χ4n) is 3.24. The maximum absolute atomic E-state index is 4.95. The van der Waals surface area contributed by atoms with E-state index in [-0.39, 0.29) is 0 Å². The summed E-state index contributed by atoms with van der Waals surface area (Å²) in [6, 6.07) is 23.5. The molecule has 0 aliphatic heterocycles. The highest BCUT2D eigenvalue weighted by molar-refractivity contribution is 5.96. The molecule has 2 heteroatoms. The molecule has 3 aromatic carbocycles. The molecule has 0 spiro atoms. The van der Waals surface area contributed by atoms with Crippen molar-refractivity contribution >= 4 is 21.8 Å². The van der Waals surface area contributed by atoms with Gasteiger partial charge in [0.2, 0.25) is 0 Å². The summed E-state index contributed by atoms with van der Waals surface area (Å²) in [6.07, 6.45) is 2.35.